The number of oxazole rings is 1. The van der Waals surface area contributed by atoms with Crippen molar-refractivity contribution in [3.05, 3.63) is 47.9 Å². The van der Waals surface area contributed by atoms with Gasteiger partial charge < -0.3 is 4.42 Å². The van der Waals surface area contributed by atoms with Crippen LogP contribution in [0, 0.1) is 11.3 Å². The summed E-state index contributed by atoms with van der Waals surface area (Å²) in [6, 6.07) is 9.59. The van der Waals surface area contributed by atoms with Crippen LogP contribution in [0.2, 0.25) is 0 Å². The van der Waals surface area contributed by atoms with Gasteiger partial charge >= 0.3 is 0 Å². The van der Waals surface area contributed by atoms with Crippen LogP contribution in [0.4, 0.5) is 0 Å². The van der Waals surface area contributed by atoms with Gasteiger partial charge in [-0.1, -0.05) is 23.9 Å². The van der Waals surface area contributed by atoms with Crippen LogP contribution in [0.3, 0.4) is 0 Å². The van der Waals surface area contributed by atoms with E-state index in [2.05, 4.69) is 11.1 Å². The van der Waals surface area contributed by atoms with Crippen LogP contribution in [-0.2, 0) is 5.75 Å². The highest BCUT2D eigenvalue weighted by molar-refractivity contribution is 7.98. The van der Waals surface area contributed by atoms with Crippen molar-refractivity contribution in [1.82, 2.24) is 4.98 Å². The largest absolute Gasteiger partial charge is 0.440 e. The van der Waals surface area contributed by atoms with Crippen molar-refractivity contribution in [1.29, 1.82) is 5.26 Å². The van der Waals surface area contributed by atoms with E-state index in [1.807, 2.05) is 24.3 Å². The quantitative estimate of drug-likeness (QED) is 0.740. The number of thioether (sulfide) groups is 1. The molecule has 0 atom stereocenters. The summed E-state index contributed by atoms with van der Waals surface area (Å²) in [5.41, 5.74) is 1.83. The smallest absolute Gasteiger partial charge is 0.255 e. The molecule has 1 aromatic heterocycles. The maximum Gasteiger partial charge on any atom is 0.255 e. The predicted octanol–water partition coefficient (Wildman–Crippen LogP) is 2.84. The molecule has 0 aliphatic carbocycles. The summed E-state index contributed by atoms with van der Waals surface area (Å²) >= 11 is 1.53. The number of hydrogen-bond acceptors (Lipinski definition) is 4. The van der Waals surface area contributed by atoms with Crippen molar-refractivity contribution in [2.75, 3.05) is 0 Å². The van der Waals surface area contributed by atoms with E-state index in [0.717, 1.165) is 11.3 Å². The molecule has 1 aromatic carbocycles. The summed E-state index contributed by atoms with van der Waals surface area (Å²) in [4.78, 5) is 4.01. The molecule has 4 heteroatoms. The Labute approximate surface area is 91.7 Å². The van der Waals surface area contributed by atoms with Crippen molar-refractivity contribution in [3.8, 4) is 6.07 Å². The Morgan fingerprint density at radius 1 is 1.33 bits per heavy atom. The van der Waals surface area contributed by atoms with Crippen molar-refractivity contribution < 1.29 is 4.42 Å². The molecule has 0 amide bonds. The Kier molecular flexibility index (Phi) is 3.05. The predicted molar refractivity (Wildman–Crippen MR) is 57.2 cm³/mol. The summed E-state index contributed by atoms with van der Waals surface area (Å²) in [5, 5.41) is 9.29. The van der Waals surface area contributed by atoms with E-state index < -0.39 is 0 Å². The number of rotatable bonds is 3. The summed E-state index contributed by atoms with van der Waals surface area (Å²) in [6.45, 7) is 0. The Bertz CT molecular complexity index is 456. The van der Waals surface area contributed by atoms with Gasteiger partial charge in [-0.05, 0) is 17.7 Å². The highest BCUT2D eigenvalue weighted by Gasteiger charge is 1.99. The number of benzene rings is 1. The van der Waals surface area contributed by atoms with Crippen molar-refractivity contribution in [2.24, 2.45) is 0 Å². The minimum Gasteiger partial charge on any atom is -0.440 e. The second-order valence-electron chi connectivity index (χ2n) is 2.90. The Morgan fingerprint density at radius 3 is 2.73 bits per heavy atom. The van der Waals surface area contributed by atoms with Crippen molar-refractivity contribution in [2.45, 2.75) is 11.0 Å². The molecule has 0 unspecified atom stereocenters. The topological polar surface area (TPSA) is 49.8 Å². The fourth-order valence-corrected chi connectivity index (χ4v) is 1.84. The van der Waals surface area contributed by atoms with E-state index in [-0.39, 0.29) is 0 Å². The molecule has 0 N–H and O–H groups in total. The maximum atomic E-state index is 8.63. The molecule has 0 saturated carbocycles. The van der Waals surface area contributed by atoms with Gasteiger partial charge in [0.15, 0.2) is 0 Å². The number of nitriles is 1. The van der Waals surface area contributed by atoms with Crippen molar-refractivity contribution >= 4 is 11.8 Å². The van der Waals surface area contributed by atoms with E-state index in [1.54, 1.807) is 12.5 Å². The average molecular weight is 216 g/mol. The molecule has 1 heterocycles. The zero-order chi connectivity index (χ0) is 10.5. The molecule has 0 radical (unpaired) electrons. The third kappa shape index (κ3) is 2.61. The Balaban J connectivity index is 1.97. The minimum atomic E-state index is 0.666. The minimum absolute atomic E-state index is 0.666. The maximum absolute atomic E-state index is 8.63. The Hall–Kier alpha value is -1.73. The molecule has 0 aliphatic heterocycles. The molecule has 3 nitrogen and oxygen atoms in total. The van der Waals surface area contributed by atoms with Crippen LogP contribution in [0.5, 0.6) is 0 Å². The molecule has 15 heavy (non-hydrogen) atoms. The molecule has 0 spiro atoms. The number of nitrogens with zero attached hydrogens (tertiary/aromatic N) is 2. The molecular formula is C11H8N2OS. The molecular weight excluding hydrogens is 208 g/mol. The van der Waals surface area contributed by atoms with Crippen LogP contribution in [0.1, 0.15) is 11.1 Å². The second-order valence-corrected chi connectivity index (χ2v) is 3.82. The van der Waals surface area contributed by atoms with E-state index >= 15 is 0 Å². The first-order chi connectivity index (χ1) is 7.38. The number of hydrogen-bond donors (Lipinski definition) is 0. The van der Waals surface area contributed by atoms with Gasteiger partial charge in [-0.2, -0.15) is 5.26 Å². The monoisotopic (exact) mass is 216 g/mol. The van der Waals surface area contributed by atoms with Crippen LogP contribution in [-0.4, -0.2) is 4.98 Å². The molecule has 0 aliphatic rings. The van der Waals surface area contributed by atoms with Crippen LogP contribution >= 0.6 is 11.8 Å². The zero-order valence-electron chi connectivity index (χ0n) is 7.88. The molecule has 74 valence electrons. The highest BCUT2D eigenvalue weighted by Crippen LogP contribution is 2.20. The van der Waals surface area contributed by atoms with Gasteiger partial charge in [-0.3, -0.25) is 0 Å². The first-order valence-corrected chi connectivity index (χ1v) is 5.38. The van der Waals surface area contributed by atoms with E-state index in [4.69, 9.17) is 9.68 Å². The van der Waals surface area contributed by atoms with Crippen molar-refractivity contribution in [3.63, 3.8) is 0 Å². The lowest BCUT2D eigenvalue weighted by Gasteiger charge is -1.97. The molecule has 2 rings (SSSR count). The standard InChI is InChI=1S/C11H8N2OS/c12-7-9-1-3-10(4-2-9)8-15-11-13-5-6-14-11/h1-6H,8H2. The van der Waals surface area contributed by atoms with Gasteiger partial charge in [0.05, 0.1) is 17.8 Å². The van der Waals surface area contributed by atoms with E-state index in [1.165, 1.54) is 11.8 Å². The lowest BCUT2D eigenvalue weighted by Crippen LogP contribution is -1.81. The lowest BCUT2D eigenvalue weighted by molar-refractivity contribution is 0.454. The third-order valence-corrected chi connectivity index (χ3v) is 2.78. The zero-order valence-corrected chi connectivity index (χ0v) is 8.70. The van der Waals surface area contributed by atoms with Gasteiger partial charge in [0, 0.05) is 5.75 Å². The fraction of sp³-hybridized carbons (Fsp3) is 0.0909. The van der Waals surface area contributed by atoms with E-state index in [9.17, 15) is 0 Å². The average Bonchev–Trinajstić information content (AvgIpc) is 2.80. The number of aromatic nitrogens is 1. The van der Waals surface area contributed by atoms with Gasteiger partial charge in [0.25, 0.3) is 5.22 Å². The van der Waals surface area contributed by atoms with Gasteiger partial charge in [0.1, 0.15) is 6.26 Å². The summed E-state index contributed by atoms with van der Waals surface area (Å²) in [5.74, 6) is 0.798. The summed E-state index contributed by atoms with van der Waals surface area (Å²) in [6.07, 6.45) is 3.18. The van der Waals surface area contributed by atoms with E-state index in [0.29, 0.717) is 10.8 Å². The van der Waals surface area contributed by atoms with Crippen LogP contribution < -0.4 is 0 Å². The first kappa shape index (κ1) is 9.81. The molecule has 2 aromatic rings. The van der Waals surface area contributed by atoms with Gasteiger partial charge in [0.2, 0.25) is 0 Å². The normalized spacial score (nSPS) is 9.80. The van der Waals surface area contributed by atoms with Crippen LogP contribution in [0.15, 0.2) is 46.4 Å². The highest BCUT2D eigenvalue weighted by atomic mass is 32.2. The molecule has 0 fully saturated rings. The second kappa shape index (κ2) is 4.67. The Morgan fingerprint density at radius 2 is 2.13 bits per heavy atom. The molecule has 0 saturated heterocycles. The van der Waals surface area contributed by atoms with Gasteiger partial charge in [-0.25, -0.2) is 4.98 Å². The SMILES string of the molecule is N#Cc1ccc(CSc2ncco2)cc1. The van der Waals surface area contributed by atoms with Gasteiger partial charge in [-0.15, -0.1) is 0 Å². The fourth-order valence-electron chi connectivity index (χ4n) is 1.10. The third-order valence-electron chi connectivity index (χ3n) is 1.86. The van der Waals surface area contributed by atoms with Crippen LogP contribution in [0.25, 0.3) is 0 Å². The lowest BCUT2D eigenvalue weighted by atomic mass is 10.2. The summed E-state index contributed by atoms with van der Waals surface area (Å²) in [7, 11) is 0. The molecule has 0 bridgehead atoms. The first-order valence-electron chi connectivity index (χ1n) is 4.40. The summed E-state index contributed by atoms with van der Waals surface area (Å²) < 4.78 is 5.10.